The van der Waals surface area contributed by atoms with Crippen LogP contribution in [-0.2, 0) is 9.59 Å². The van der Waals surface area contributed by atoms with Crippen molar-refractivity contribution in [3.05, 3.63) is 0 Å². The van der Waals surface area contributed by atoms with Gasteiger partial charge in [0.15, 0.2) is 5.92 Å². The van der Waals surface area contributed by atoms with Crippen LogP contribution < -0.4 is 0 Å². The summed E-state index contributed by atoms with van der Waals surface area (Å²) in [6.45, 7) is 5.86. The molecule has 0 bridgehead atoms. The van der Waals surface area contributed by atoms with Gasteiger partial charge >= 0.3 is 49.7 Å². The molecule has 0 aromatic heterocycles. The summed E-state index contributed by atoms with van der Waals surface area (Å²) < 4.78 is 0. The number of hydrogen-bond acceptors (Lipinski definition) is 2. The Morgan fingerprint density at radius 1 is 1.21 bits per heavy atom. The minimum absolute atomic E-state index is 0. The zero-order valence-electron chi connectivity index (χ0n) is 10.9. The number of rotatable bonds is 4. The largest absolute Gasteiger partial charge is 2.00 e. The first-order valence-corrected chi connectivity index (χ1v) is 4.19. The van der Waals surface area contributed by atoms with Gasteiger partial charge in [0, 0.05) is 0 Å². The van der Waals surface area contributed by atoms with Gasteiger partial charge in [0.1, 0.15) is 0 Å². The molecule has 0 atom stereocenters. The van der Waals surface area contributed by atoms with E-state index < -0.39 is 17.9 Å². The second-order valence-electron chi connectivity index (χ2n) is 4.33. The molecule has 5 heteroatoms. The standard InChI is InChI=1S/C9H16O4.Ca.2H/c1-9(2,3)5-4-6(7(10)11)8(12)13;;;/h6H,4-5H2,1-3H3,(H,10,11)(H,12,13);;;/q;+2;2*-1. The first-order valence-electron chi connectivity index (χ1n) is 4.19. The summed E-state index contributed by atoms with van der Waals surface area (Å²) in [4.78, 5) is 21.0. The predicted molar refractivity (Wildman–Crippen MR) is 55.4 cm³/mol. The summed E-state index contributed by atoms with van der Waals surface area (Å²) in [5.41, 5.74) is -0.0247. The summed E-state index contributed by atoms with van der Waals surface area (Å²) in [6, 6.07) is 0. The Labute approximate surface area is 117 Å². The summed E-state index contributed by atoms with van der Waals surface area (Å²) in [7, 11) is 0. The Balaban J connectivity index is -0.000000240. The molecule has 0 radical (unpaired) electrons. The van der Waals surface area contributed by atoms with E-state index in [4.69, 9.17) is 10.2 Å². The third-order valence-electron chi connectivity index (χ3n) is 1.78. The predicted octanol–water partition coefficient (Wildman–Crippen LogP) is 1.44. The maximum atomic E-state index is 10.5. The van der Waals surface area contributed by atoms with E-state index in [1.807, 2.05) is 20.8 Å². The number of carbonyl (C=O) groups is 2. The molecule has 4 nitrogen and oxygen atoms in total. The van der Waals surface area contributed by atoms with E-state index in [2.05, 4.69) is 0 Å². The molecule has 0 saturated heterocycles. The summed E-state index contributed by atoms with van der Waals surface area (Å²) >= 11 is 0. The minimum Gasteiger partial charge on any atom is -1.00 e. The van der Waals surface area contributed by atoms with Crippen LogP contribution in [0.15, 0.2) is 0 Å². The molecule has 2 N–H and O–H groups in total. The van der Waals surface area contributed by atoms with Crippen molar-refractivity contribution >= 4 is 49.7 Å². The molecule has 0 spiro atoms. The molecule has 14 heavy (non-hydrogen) atoms. The van der Waals surface area contributed by atoms with Gasteiger partial charge in [-0.15, -0.1) is 0 Å². The fraction of sp³-hybridized carbons (Fsp3) is 0.778. The zero-order chi connectivity index (χ0) is 10.6. The van der Waals surface area contributed by atoms with Gasteiger partial charge in [-0.1, -0.05) is 20.8 Å². The van der Waals surface area contributed by atoms with Crippen LogP contribution in [0.1, 0.15) is 36.5 Å². The topological polar surface area (TPSA) is 74.6 Å². The number of aliphatic carboxylic acids is 2. The smallest absolute Gasteiger partial charge is 1.00 e. The van der Waals surface area contributed by atoms with Crippen molar-refractivity contribution in [2.45, 2.75) is 33.6 Å². The molecule has 0 heterocycles. The summed E-state index contributed by atoms with van der Waals surface area (Å²) in [6.07, 6.45) is 0.782. The molecule has 0 aliphatic rings. The van der Waals surface area contributed by atoms with Gasteiger partial charge in [-0.2, -0.15) is 0 Å². The minimum atomic E-state index is -1.26. The van der Waals surface area contributed by atoms with E-state index in [1.165, 1.54) is 0 Å². The van der Waals surface area contributed by atoms with E-state index >= 15 is 0 Å². The molecule has 0 aromatic carbocycles. The van der Waals surface area contributed by atoms with Gasteiger partial charge in [0.05, 0.1) is 0 Å². The molecule has 0 rings (SSSR count). The number of carboxylic acids is 2. The molecule has 0 aromatic rings. The number of carboxylic acid groups (broad SMARTS) is 2. The quantitative estimate of drug-likeness (QED) is 0.566. The Morgan fingerprint density at radius 2 is 1.57 bits per heavy atom. The first kappa shape index (κ1) is 16.6. The van der Waals surface area contributed by atoms with Crippen molar-refractivity contribution in [2.24, 2.45) is 11.3 Å². The van der Waals surface area contributed by atoms with Gasteiger partial charge in [-0.05, 0) is 18.3 Å². The van der Waals surface area contributed by atoms with E-state index in [0.717, 1.165) is 0 Å². The van der Waals surface area contributed by atoms with Gasteiger partial charge in [-0.25, -0.2) is 0 Å². The Morgan fingerprint density at radius 3 is 1.79 bits per heavy atom. The monoisotopic (exact) mass is 230 g/mol. The van der Waals surface area contributed by atoms with Crippen LogP contribution in [0.3, 0.4) is 0 Å². The number of hydrogen-bond donors (Lipinski definition) is 2. The molecule has 80 valence electrons. The average Bonchev–Trinajstić information content (AvgIpc) is 1.82. The maximum absolute atomic E-state index is 10.5. The molecule has 0 fully saturated rings. The fourth-order valence-corrected chi connectivity index (χ4v) is 0.930. The molecule has 0 unspecified atom stereocenters. The van der Waals surface area contributed by atoms with Crippen LogP contribution in [0.4, 0.5) is 0 Å². The second kappa shape index (κ2) is 6.64. The normalized spacial score (nSPS) is 10.9. The summed E-state index contributed by atoms with van der Waals surface area (Å²) in [5, 5.41) is 17.1. The van der Waals surface area contributed by atoms with Gasteiger partial charge in [0.2, 0.25) is 0 Å². The van der Waals surface area contributed by atoms with Gasteiger partial charge in [-0.3, -0.25) is 9.59 Å². The summed E-state index contributed by atoms with van der Waals surface area (Å²) in [5.74, 6) is -3.77. The van der Waals surface area contributed by atoms with Crippen molar-refractivity contribution in [3.63, 3.8) is 0 Å². The average molecular weight is 230 g/mol. The van der Waals surface area contributed by atoms with Gasteiger partial charge in [0.25, 0.3) is 0 Å². The molecule has 0 aliphatic heterocycles. The van der Waals surface area contributed by atoms with Crippen molar-refractivity contribution in [3.8, 4) is 0 Å². The molecule has 0 aliphatic carbocycles. The third-order valence-corrected chi connectivity index (χ3v) is 1.78. The van der Waals surface area contributed by atoms with Crippen LogP contribution in [0.2, 0.25) is 0 Å². The fourth-order valence-electron chi connectivity index (χ4n) is 0.930. The SMILES string of the molecule is CC(C)(C)CCC(C(=O)O)C(=O)O.[Ca+2].[H-].[H-]. The van der Waals surface area contributed by atoms with E-state index in [9.17, 15) is 9.59 Å². The van der Waals surface area contributed by atoms with Crippen molar-refractivity contribution in [1.29, 1.82) is 0 Å². The van der Waals surface area contributed by atoms with Crippen LogP contribution in [0.5, 0.6) is 0 Å². The zero-order valence-corrected chi connectivity index (χ0v) is 11.1. The Kier molecular flexibility index (Phi) is 7.89. The Bertz CT molecular complexity index is 202. The van der Waals surface area contributed by atoms with Crippen LogP contribution in [0.25, 0.3) is 0 Å². The van der Waals surface area contributed by atoms with Crippen molar-refractivity contribution in [1.82, 2.24) is 0 Å². The first-order chi connectivity index (χ1) is 5.74. The second-order valence-corrected chi connectivity index (χ2v) is 4.33. The van der Waals surface area contributed by atoms with E-state index in [0.29, 0.717) is 6.42 Å². The van der Waals surface area contributed by atoms with Gasteiger partial charge < -0.3 is 13.1 Å². The van der Waals surface area contributed by atoms with Crippen molar-refractivity contribution in [2.75, 3.05) is 0 Å². The van der Waals surface area contributed by atoms with Crippen LogP contribution in [-0.4, -0.2) is 59.9 Å². The van der Waals surface area contributed by atoms with Crippen LogP contribution in [0, 0.1) is 11.3 Å². The maximum Gasteiger partial charge on any atom is 2.00 e. The Hall–Kier alpha value is 0.200. The van der Waals surface area contributed by atoms with Crippen LogP contribution >= 0.6 is 0 Å². The molecular formula is C9H18CaO4. The molecule has 0 amide bonds. The molecular weight excluding hydrogens is 212 g/mol. The van der Waals surface area contributed by atoms with Crippen molar-refractivity contribution < 1.29 is 22.7 Å². The molecule has 0 saturated carbocycles. The van der Waals surface area contributed by atoms with E-state index in [-0.39, 0.29) is 52.4 Å². The van der Waals surface area contributed by atoms with E-state index in [1.54, 1.807) is 0 Å². The third kappa shape index (κ3) is 7.59.